The molecule has 2 aromatic rings. The summed E-state index contributed by atoms with van der Waals surface area (Å²) in [6.45, 7) is 3.45. The summed E-state index contributed by atoms with van der Waals surface area (Å²) in [4.78, 5) is 36.1. The predicted octanol–water partition coefficient (Wildman–Crippen LogP) is 4.01. The van der Waals surface area contributed by atoms with Crippen molar-refractivity contribution in [1.82, 2.24) is 0 Å². The SMILES string of the molecule is CCOC(=O)c1c(C2CC2)csc1NC(=O)c1cccc(NC(C)=O)c1. The monoisotopic (exact) mass is 372 g/mol. The number of carbonyl (C=O) groups excluding carboxylic acids is 3. The molecule has 0 radical (unpaired) electrons. The van der Waals surface area contributed by atoms with Gasteiger partial charge in [0.25, 0.3) is 5.91 Å². The van der Waals surface area contributed by atoms with Crippen molar-refractivity contribution in [3.8, 4) is 0 Å². The largest absolute Gasteiger partial charge is 0.462 e. The van der Waals surface area contributed by atoms with Crippen molar-refractivity contribution in [2.24, 2.45) is 0 Å². The lowest BCUT2D eigenvalue weighted by Gasteiger charge is -2.09. The first-order valence-electron chi connectivity index (χ1n) is 8.47. The van der Waals surface area contributed by atoms with Gasteiger partial charge in [-0.3, -0.25) is 9.59 Å². The predicted molar refractivity (Wildman–Crippen MR) is 101 cm³/mol. The number of nitrogens with one attached hydrogen (secondary N) is 2. The molecular formula is C19H20N2O4S. The van der Waals surface area contributed by atoms with E-state index in [2.05, 4.69) is 10.6 Å². The molecule has 0 saturated heterocycles. The lowest BCUT2D eigenvalue weighted by molar-refractivity contribution is -0.114. The van der Waals surface area contributed by atoms with Gasteiger partial charge in [0, 0.05) is 18.2 Å². The third kappa shape index (κ3) is 4.11. The van der Waals surface area contributed by atoms with Gasteiger partial charge in [-0.05, 0) is 54.8 Å². The van der Waals surface area contributed by atoms with Crippen molar-refractivity contribution in [3.63, 3.8) is 0 Å². The maximum absolute atomic E-state index is 12.6. The molecular weight excluding hydrogens is 352 g/mol. The number of hydrogen-bond acceptors (Lipinski definition) is 5. The van der Waals surface area contributed by atoms with Gasteiger partial charge in [0.1, 0.15) is 5.00 Å². The summed E-state index contributed by atoms with van der Waals surface area (Å²) in [5.74, 6) is -0.580. The van der Waals surface area contributed by atoms with Crippen molar-refractivity contribution in [1.29, 1.82) is 0 Å². The second kappa shape index (κ2) is 7.70. The van der Waals surface area contributed by atoms with Crippen molar-refractivity contribution in [2.45, 2.75) is 32.6 Å². The summed E-state index contributed by atoms with van der Waals surface area (Å²) < 4.78 is 5.16. The Morgan fingerprint density at radius 2 is 2.00 bits per heavy atom. The average Bonchev–Trinajstić information content (AvgIpc) is 3.35. The van der Waals surface area contributed by atoms with Crippen molar-refractivity contribution >= 4 is 39.8 Å². The number of esters is 1. The Kier molecular flexibility index (Phi) is 5.37. The zero-order valence-electron chi connectivity index (χ0n) is 14.6. The topological polar surface area (TPSA) is 84.5 Å². The van der Waals surface area contributed by atoms with Gasteiger partial charge in [0.15, 0.2) is 0 Å². The van der Waals surface area contributed by atoms with Crippen molar-refractivity contribution in [2.75, 3.05) is 17.2 Å². The van der Waals surface area contributed by atoms with E-state index in [4.69, 9.17) is 4.74 Å². The second-order valence-corrected chi connectivity index (χ2v) is 6.99. The van der Waals surface area contributed by atoms with Gasteiger partial charge in [0.05, 0.1) is 12.2 Å². The molecule has 1 heterocycles. The molecule has 3 rings (SSSR count). The Labute approximate surface area is 155 Å². The molecule has 1 aromatic carbocycles. The van der Waals surface area contributed by atoms with Gasteiger partial charge < -0.3 is 15.4 Å². The molecule has 1 fully saturated rings. The van der Waals surface area contributed by atoms with E-state index in [1.807, 2.05) is 5.38 Å². The number of carbonyl (C=O) groups is 3. The quantitative estimate of drug-likeness (QED) is 0.750. The minimum absolute atomic E-state index is 0.209. The highest BCUT2D eigenvalue weighted by molar-refractivity contribution is 7.15. The minimum atomic E-state index is -0.405. The van der Waals surface area contributed by atoms with Crippen LogP contribution in [-0.4, -0.2) is 24.4 Å². The Bertz CT molecular complexity index is 855. The van der Waals surface area contributed by atoms with Crippen LogP contribution in [-0.2, 0) is 9.53 Å². The van der Waals surface area contributed by atoms with Gasteiger partial charge in [0.2, 0.25) is 5.91 Å². The molecule has 7 heteroatoms. The second-order valence-electron chi connectivity index (χ2n) is 6.11. The standard InChI is InChI=1S/C19H20N2O4S/c1-3-25-19(24)16-15(12-7-8-12)10-26-18(16)21-17(23)13-5-4-6-14(9-13)20-11(2)22/h4-6,9-10,12H,3,7-8H2,1-2H3,(H,20,22)(H,21,23). The lowest BCUT2D eigenvalue weighted by Crippen LogP contribution is -2.15. The molecule has 1 aliphatic carbocycles. The molecule has 0 unspecified atom stereocenters. The fourth-order valence-electron chi connectivity index (χ4n) is 2.69. The van der Waals surface area contributed by atoms with E-state index in [0.717, 1.165) is 18.4 Å². The van der Waals surface area contributed by atoms with Gasteiger partial charge in [-0.15, -0.1) is 11.3 Å². The number of amides is 2. The zero-order valence-corrected chi connectivity index (χ0v) is 15.4. The molecule has 26 heavy (non-hydrogen) atoms. The van der Waals surface area contributed by atoms with E-state index in [0.29, 0.717) is 27.7 Å². The first-order valence-corrected chi connectivity index (χ1v) is 9.35. The van der Waals surface area contributed by atoms with Crippen LogP contribution in [0, 0.1) is 0 Å². The molecule has 0 aliphatic heterocycles. The van der Waals surface area contributed by atoms with Crippen LogP contribution in [0.1, 0.15) is 58.9 Å². The highest BCUT2D eigenvalue weighted by Crippen LogP contribution is 2.46. The number of ether oxygens (including phenoxy) is 1. The van der Waals surface area contributed by atoms with Crippen molar-refractivity contribution in [3.05, 3.63) is 46.3 Å². The molecule has 1 aromatic heterocycles. The molecule has 2 N–H and O–H groups in total. The summed E-state index contributed by atoms with van der Waals surface area (Å²) in [5.41, 5.74) is 2.36. The van der Waals surface area contributed by atoms with Crippen LogP contribution in [0.25, 0.3) is 0 Å². The fourth-order valence-corrected chi connectivity index (χ4v) is 3.71. The smallest absolute Gasteiger partial charge is 0.341 e. The Morgan fingerprint density at radius 1 is 1.23 bits per heavy atom. The fraction of sp³-hybridized carbons (Fsp3) is 0.316. The van der Waals surface area contributed by atoms with Crippen LogP contribution in [0.15, 0.2) is 29.6 Å². The van der Waals surface area contributed by atoms with Gasteiger partial charge in [-0.25, -0.2) is 4.79 Å². The Balaban J connectivity index is 1.83. The van der Waals surface area contributed by atoms with Gasteiger partial charge in [-0.1, -0.05) is 6.07 Å². The highest BCUT2D eigenvalue weighted by atomic mass is 32.1. The maximum atomic E-state index is 12.6. The van der Waals surface area contributed by atoms with E-state index in [1.165, 1.54) is 18.3 Å². The van der Waals surface area contributed by atoms with Crippen LogP contribution < -0.4 is 10.6 Å². The molecule has 6 nitrogen and oxygen atoms in total. The van der Waals surface area contributed by atoms with Crippen LogP contribution in [0.2, 0.25) is 0 Å². The third-order valence-corrected chi connectivity index (χ3v) is 4.90. The van der Waals surface area contributed by atoms with E-state index in [1.54, 1.807) is 31.2 Å². The number of hydrogen-bond donors (Lipinski definition) is 2. The highest BCUT2D eigenvalue weighted by Gasteiger charge is 2.32. The summed E-state index contributed by atoms with van der Waals surface area (Å²) in [7, 11) is 0. The summed E-state index contributed by atoms with van der Waals surface area (Å²) in [6.07, 6.45) is 2.10. The number of benzene rings is 1. The summed E-state index contributed by atoms with van der Waals surface area (Å²) in [5, 5.41) is 7.89. The normalized spacial score (nSPS) is 13.2. The molecule has 0 spiro atoms. The van der Waals surface area contributed by atoms with Gasteiger partial charge >= 0.3 is 5.97 Å². The Morgan fingerprint density at radius 3 is 2.65 bits per heavy atom. The van der Waals surface area contributed by atoms with E-state index >= 15 is 0 Å². The summed E-state index contributed by atoms with van der Waals surface area (Å²) >= 11 is 1.33. The number of rotatable bonds is 6. The molecule has 1 saturated carbocycles. The molecule has 0 bridgehead atoms. The third-order valence-electron chi connectivity index (χ3n) is 3.99. The van der Waals surface area contributed by atoms with Crippen LogP contribution in [0.3, 0.4) is 0 Å². The number of thiophene rings is 1. The van der Waals surface area contributed by atoms with E-state index in [9.17, 15) is 14.4 Å². The molecule has 0 atom stereocenters. The van der Waals surface area contributed by atoms with Crippen LogP contribution >= 0.6 is 11.3 Å². The zero-order chi connectivity index (χ0) is 18.7. The van der Waals surface area contributed by atoms with Gasteiger partial charge in [-0.2, -0.15) is 0 Å². The van der Waals surface area contributed by atoms with Crippen LogP contribution in [0.4, 0.5) is 10.7 Å². The number of anilines is 2. The summed E-state index contributed by atoms with van der Waals surface area (Å²) in [6, 6.07) is 6.64. The Hall–Kier alpha value is -2.67. The molecule has 136 valence electrons. The molecule has 1 aliphatic rings. The average molecular weight is 372 g/mol. The van der Waals surface area contributed by atoms with E-state index < -0.39 is 5.97 Å². The minimum Gasteiger partial charge on any atom is -0.462 e. The molecule has 2 amide bonds. The van der Waals surface area contributed by atoms with Crippen LogP contribution in [0.5, 0.6) is 0 Å². The lowest BCUT2D eigenvalue weighted by atomic mass is 10.1. The van der Waals surface area contributed by atoms with Crippen molar-refractivity contribution < 1.29 is 19.1 Å². The van der Waals surface area contributed by atoms with E-state index in [-0.39, 0.29) is 18.4 Å². The maximum Gasteiger partial charge on any atom is 0.341 e. The first-order chi connectivity index (χ1) is 12.5. The first kappa shape index (κ1) is 18.1.